The van der Waals surface area contributed by atoms with Gasteiger partial charge in [-0.3, -0.25) is 4.40 Å². The maximum absolute atomic E-state index is 11.2. The number of fused-ring (bicyclic) bond motifs is 1. The zero-order valence-corrected chi connectivity index (χ0v) is 11.2. The molecule has 0 unspecified atom stereocenters. The minimum atomic E-state index is -1.01. The Balaban J connectivity index is 1.92. The molecule has 3 rings (SSSR count). The number of aromatic nitrogens is 2. The summed E-state index contributed by atoms with van der Waals surface area (Å²) in [5, 5.41) is 12.7. The number of hydrogen-bond donors (Lipinski definition) is 3. The van der Waals surface area contributed by atoms with Gasteiger partial charge in [0.05, 0.1) is 12.1 Å². The number of aromatic carboxylic acids is 1. The van der Waals surface area contributed by atoms with Gasteiger partial charge in [-0.1, -0.05) is 12.8 Å². The third-order valence-corrected chi connectivity index (χ3v) is 3.84. The summed E-state index contributed by atoms with van der Waals surface area (Å²) >= 11 is 0. The van der Waals surface area contributed by atoms with Crippen molar-refractivity contribution < 1.29 is 9.90 Å². The Hall–Kier alpha value is -2.08. The predicted molar refractivity (Wildman–Crippen MR) is 75.7 cm³/mol. The van der Waals surface area contributed by atoms with E-state index in [9.17, 15) is 9.90 Å². The molecule has 2 heterocycles. The SMILES string of the molecule is Nc1ccc2c(C(=O)O)nc(CNC3CCCC3)n2c1. The molecule has 2 aromatic rings. The molecule has 0 atom stereocenters. The van der Waals surface area contributed by atoms with Crippen LogP contribution in [0.5, 0.6) is 0 Å². The molecule has 4 N–H and O–H groups in total. The lowest BCUT2D eigenvalue weighted by atomic mass is 10.2. The Morgan fingerprint density at radius 1 is 1.45 bits per heavy atom. The van der Waals surface area contributed by atoms with Crippen LogP contribution in [-0.2, 0) is 6.54 Å². The molecule has 0 aliphatic heterocycles. The quantitative estimate of drug-likeness (QED) is 0.788. The van der Waals surface area contributed by atoms with Crippen molar-refractivity contribution >= 4 is 17.2 Å². The fourth-order valence-corrected chi connectivity index (χ4v) is 2.81. The lowest BCUT2D eigenvalue weighted by molar-refractivity contribution is 0.0693. The van der Waals surface area contributed by atoms with Crippen molar-refractivity contribution in [2.45, 2.75) is 38.3 Å². The Kier molecular flexibility index (Phi) is 3.31. The van der Waals surface area contributed by atoms with Crippen LogP contribution in [0.2, 0.25) is 0 Å². The first-order valence-corrected chi connectivity index (χ1v) is 6.88. The average Bonchev–Trinajstić information content (AvgIpc) is 3.03. The minimum absolute atomic E-state index is 0.0771. The van der Waals surface area contributed by atoms with E-state index in [-0.39, 0.29) is 5.69 Å². The van der Waals surface area contributed by atoms with Gasteiger partial charge >= 0.3 is 5.97 Å². The highest BCUT2D eigenvalue weighted by Crippen LogP contribution is 2.19. The Morgan fingerprint density at radius 2 is 2.20 bits per heavy atom. The summed E-state index contributed by atoms with van der Waals surface area (Å²) < 4.78 is 1.76. The van der Waals surface area contributed by atoms with Crippen LogP contribution in [0.25, 0.3) is 5.52 Å². The first-order chi connectivity index (χ1) is 9.65. The lowest BCUT2D eigenvalue weighted by Crippen LogP contribution is -2.26. The summed E-state index contributed by atoms with van der Waals surface area (Å²) in [6, 6.07) is 3.90. The molecule has 6 nitrogen and oxygen atoms in total. The molecule has 6 heteroatoms. The molecule has 0 aromatic carbocycles. The molecule has 0 radical (unpaired) electrons. The zero-order valence-electron chi connectivity index (χ0n) is 11.2. The van der Waals surface area contributed by atoms with Crippen molar-refractivity contribution in [3.05, 3.63) is 29.8 Å². The number of pyridine rings is 1. The largest absolute Gasteiger partial charge is 0.476 e. The van der Waals surface area contributed by atoms with Gasteiger partial charge in [-0.15, -0.1) is 0 Å². The van der Waals surface area contributed by atoms with Crippen LogP contribution in [0, 0.1) is 0 Å². The highest BCUT2D eigenvalue weighted by molar-refractivity contribution is 5.93. The van der Waals surface area contributed by atoms with E-state index in [0.717, 1.165) is 0 Å². The summed E-state index contributed by atoms with van der Waals surface area (Å²) in [7, 11) is 0. The van der Waals surface area contributed by atoms with Crippen LogP contribution in [0.3, 0.4) is 0 Å². The molecule has 0 saturated heterocycles. The van der Waals surface area contributed by atoms with Gasteiger partial charge in [-0.2, -0.15) is 0 Å². The number of nitrogen functional groups attached to an aromatic ring is 1. The third-order valence-electron chi connectivity index (χ3n) is 3.84. The van der Waals surface area contributed by atoms with Crippen LogP contribution >= 0.6 is 0 Å². The summed E-state index contributed by atoms with van der Waals surface area (Å²) in [6.07, 6.45) is 6.59. The lowest BCUT2D eigenvalue weighted by Gasteiger charge is -2.10. The molecular formula is C14H18N4O2. The molecule has 2 aromatic heterocycles. The molecule has 1 fully saturated rings. The molecule has 0 bridgehead atoms. The molecule has 20 heavy (non-hydrogen) atoms. The summed E-state index contributed by atoms with van der Waals surface area (Å²) in [6.45, 7) is 0.558. The van der Waals surface area contributed by atoms with Gasteiger partial charge in [0, 0.05) is 17.9 Å². The number of carbonyl (C=O) groups is 1. The maximum Gasteiger partial charge on any atom is 0.356 e. The van der Waals surface area contributed by atoms with Crippen LogP contribution in [0.15, 0.2) is 18.3 Å². The third kappa shape index (κ3) is 2.34. The first-order valence-electron chi connectivity index (χ1n) is 6.88. The molecule has 1 aliphatic carbocycles. The Morgan fingerprint density at radius 3 is 2.90 bits per heavy atom. The second-order valence-electron chi connectivity index (χ2n) is 5.26. The van der Waals surface area contributed by atoms with E-state index in [1.807, 2.05) is 0 Å². The smallest absolute Gasteiger partial charge is 0.356 e. The molecule has 106 valence electrons. The molecule has 1 saturated carbocycles. The first kappa shape index (κ1) is 12.9. The summed E-state index contributed by atoms with van der Waals surface area (Å²) in [4.78, 5) is 15.5. The number of carboxylic acids is 1. The number of nitrogens with zero attached hydrogens (tertiary/aromatic N) is 2. The van der Waals surface area contributed by atoms with Gasteiger partial charge in [-0.25, -0.2) is 9.78 Å². The van der Waals surface area contributed by atoms with Crippen LogP contribution in [-0.4, -0.2) is 26.5 Å². The Labute approximate surface area is 116 Å². The number of imidazole rings is 1. The van der Waals surface area contributed by atoms with Crippen molar-refractivity contribution in [1.29, 1.82) is 0 Å². The van der Waals surface area contributed by atoms with Crippen molar-refractivity contribution in [3.63, 3.8) is 0 Å². The number of nitrogens with two attached hydrogens (primary N) is 1. The molecule has 0 amide bonds. The van der Waals surface area contributed by atoms with Crippen molar-refractivity contribution in [3.8, 4) is 0 Å². The van der Waals surface area contributed by atoms with Gasteiger partial charge in [0.1, 0.15) is 5.82 Å². The second kappa shape index (κ2) is 5.13. The number of anilines is 1. The van der Waals surface area contributed by atoms with E-state index in [4.69, 9.17) is 5.73 Å². The average molecular weight is 274 g/mol. The van der Waals surface area contributed by atoms with Gasteiger partial charge in [-0.05, 0) is 25.0 Å². The van der Waals surface area contributed by atoms with E-state index in [1.165, 1.54) is 25.7 Å². The summed E-state index contributed by atoms with van der Waals surface area (Å²) in [5.74, 6) is -0.323. The topological polar surface area (TPSA) is 92.7 Å². The predicted octanol–water partition coefficient (Wildman–Crippen LogP) is 1.65. The number of hydrogen-bond acceptors (Lipinski definition) is 4. The fourth-order valence-electron chi connectivity index (χ4n) is 2.81. The van der Waals surface area contributed by atoms with Gasteiger partial charge in [0.2, 0.25) is 0 Å². The highest BCUT2D eigenvalue weighted by Gasteiger charge is 2.19. The molecular weight excluding hydrogens is 256 g/mol. The van der Waals surface area contributed by atoms with Crippen molar-refractivity contribution in [2.75, 3.05) is 5.73 Å². The van der Waals surface area contributed by atoms with Gasteiger partial charge < -0.3 is 16.2 Å². The fraction of sp³-hybridized carbons (Fsp3) is 0.429. The highest BCUT2D eigenvalue weighted by atomic mass is 16.4. The van der Waals surface area contributed by atoms with Crippen LogP contribution < -0.4 is 11.1 Å². The number of nitrogens with one attached hydrogen (secondary N) is 1. The van der Waals surface area contributed by atoms with Gasteiger partial charge in [0.15, 0.2) is 5.69 Å². The monoisotopic (exact) mass is 274 g/mol. The number of carboxylic acid groups (broad SMARTS) is 1. The second-order valence-corrected chi connectivity index (χ2v) is 5.26. The minimum Gasteiger partial charge on any atom is -0.476 e. The molecule has 1 aliphatic rings. The van der Waals surface area contributed by atoms with Gasteiger partial charge in [0.25, 0.3) is 0 Å². The normalized spacial score (nSPS) is 16.0. The van der Waals surface area contributed by atoms with Crippen LogP contribution in [0.1, 0.15) is 42.0 Å². The Bertz CT molecular complexity index is 644. The zero-order chi connectivity index (χ0) is 14.1. The van der Waals surface area contributed by atoms with E-state index in [1.54, 1.807) is 22.7 Å². The summed E-state index contributed by atoms with van der Waals surface area (Å²) in [5.41, 5.74) is 7.03. The number of rotatable bonds is 4. The van der Waals surface area contributed by atoms with E-state index in [0.29, 0.717) is 29.6 Å². The van der Waals surface area contributed by atoms with E-state index in [2.05, 4.69) is 10.3 Å². The van der Waals surface area contributed by atoms with E-state index < -0.39 is 5.97 Å². The standard InChI is InChI=1S/C14H18N4O2/c15-9-5-6-11-13(14(19)20)17-12(18(11)8-9)7-16-10-3-1-2-4-10/h5-6,8,10,16H,1-4,7,15H2,(H,19,20). The van der Waals surface area contributed by atoms with Crippen LogP contribution in [0.4, 0.5) is 5.69 Å². The van der Waals surface area contributed by atoms with E-state index >= 15 is 0 Å². The van der Waals surface area contributed by atoms with Crippen molar-refractivity contribution in [1.82, 2.24) is 14.7 Å². The molecule has 0 spiro atoms. The maximum atomic E-state index is 11.2. The van der Waals surface area contributed by atoms with Crippen molar-refractivity contribution in [2.24, 2.45) is 0 Å².